The van der Waals surface area contributed by atoms with Crippen LogP contribution in [0.4, 0.5) is 8.78 Å². The summed E-state index contributed by atoms with van der Waals surface area (Å²) in [4.78, 5) is 26.3. The minimum Gasteiger partial charge on any atom is -0.434 e. The number of hydrogen-bond acceptors (Lipinski definition) is 4. The fraction of sp³-hybridized carbons (Fsp3) is 0.444. The van der Waals surface area contributed by atoms with E-state index in [1.54, 1.807) is 18.2 Å². The van der Waals surface area contributed by atoms with Crippen LogP contribution in [-0.4, -0.2) is 46.5 Å². The van der Waals surface area contributed by atoms with Crippen LogP contribution in [0, 0.1) is 0 Å². The minimum atomic E-state index is -2.94. The highest BCUT2D eigenvalue weighted by atomic mass is 32.2. The van der Waals surface area contributed by atoms with Gasteiger partial charge >= 0.3 is 6.61 Å². The molecule has 1 fully saturated rings. The molecular weight excluding hydrogens is 362 g/mol. The molecule has 5 nitrogen and oxygen atoms in total. The third kappa shape index (κ3) is 5.72. The molecule has 1 aromatic rings. The molecule has 2 rings (SSSR count). The number of para-hydroxylation sites is 1. The summed E-state index contributed by atoms with van der Waals surface area (Å²) in [6.07, 6.45) is 2.69. The molecule has 0 saturated carbocycles. The molecule has 0 radical (unpaired) electrons. The minimum absolute atomic E-state index is 0.00984. The molecule has 1 aliphatic heterocycles. The van der Waals surface area contributed by atoms with E-state index >= 15 is 0 Å². The van der Waals surface area contributed by atoms with Crippen LogP contribution in [0.5, 0.6) is 5.75 Å². The number of nitrogens with zero attached hydrogens (tertiary/aromatic N) is 1. The van der Waals surface area contributed by atoms with Gasteiger partial charge in [0.2, 0.25) is 11.8 Å². The van der Waals surface area contributed by atoms with Gasteiger partial charge in [-0.05, 0) is 32.9 Å². The Morgan fingerprint density at radius 2 is 2.04 bits per heavy atom. The molecule has 0 aromatic heterocycles. The molecule has 0 aliphatic carbocycles. The van der Waals surface area contributed by atoms with Crippen molar-refractivity contribution in [1.29, 1.82) is 0 Å². The van der Waals surface area contributed by atoms with Gasteiger partial charge in [-0.15, -0.1) is 11.8 Å². The van der Waals surface area contributed by atoms with Crippen molar-refractivity contribution >= 4 is 29.7 Å². The summed E-state index contributed by atoms with van der Waals surface area (Å²) in [7, 11) is 0. The molecule has 0 bridgehead atoms. The molecule has 2 amide bonds. The van der Waals surface area contributed by atoms with Gasteiger partial charge in [0.15, 0.2) is 0 Å². The van der Waals surface area contributed by atoms with E-state index in [2.05, 4.69) is 10.1 Å². The monoisotopic (exact) mass is 384 g/mol. The van der Waals surface area contributed by atoms with E-state index < -0.39 is 12.7 Å². The zero-order valence-corrected chi connectivity index (χ0v) is 15.7. The quantitative estimate of drug-likeness (QED) is 0.793. The van der Waals surface area contributed by atoms with Gasteiger partial charge in [-0.2, -0.15) is 8.78 Å². The maximum atomic E-state index is 12.5. The van der Waals surface area contributed by atoms with Crippen LogP contribution in [0.2, 0.25) is 0 Å². The van der Waals surface area contributed by atoms with E-state index in [0.29, 0.717) is 17.2 Å². The Bertz CT molecular complexity index is 689. The Morgan fingerprint density at radius 1 is 1.35 bits per heavy atom. The lowest BCUT2D eigenvalue weighted by Gasteiger charge is -2.27. The van der Waals surface area contributed by atoms with Gasteiger partial charge in [0.05, 0.1) is 5.88 Å². The third-order valence-corrected chi connectivity index (χ3v) is 4.52. The highest BCUT2D eigenvalue weighted by Gasteiger charge is 2.35. The van der Waals surface area contributed by atoms with Crippen molar-refractivity contribution in [1.82, 2.24) is 10.2 Å². The Hall–Kier alpha value is -2.09. The molecule has 1 unspecified atom stereocenters. The number of nitrogens with one attached hydrogen (secondary N) is 1. The maximum Gasteiger partial charge on any atom is 0.387 e. The lowest BCUT2D eigenvalue weighted by Crippen LogP contribution is -2.52. The predicted octanol–water partition coefficient (Wildman–Crippen LogP) is 3.12. The number of hydrogen-bond donors (Lipinski definition) is 1. The number of rotatable bonds is 5. The summed E-state index contributed by atoms with van der Waals surface area (Å²) in [6, 6.07) is 5.66. The van der Waals surface area contributed by atoms with Crippen molar-refractivity contribution in [2.75, 3.05) is 11.6 Å². The summed E-state index contributed by atoms with van der Waals surface area (Å²) in [5, 5.41) is 2.88. The van der Waals surface area contributed by atoms with E-state index in [1.165, 1.54) is 34.9 Å². The number of carbonyl (C=O) groups is 2. The fourth-order valence-electron chi connectivity index (χ4n) is 2.41. The van der Waals surface area contributed by atoms with Crippen LogP contribution in [0.15, 0.2) is 30.3 Å². The average molecular weight is 384 g/mol. The summed E-state index contributed by atoms with van der Waals surface area (Å²) in [5.74, 6) is 0.360. The van der Waals surface area contributed by atoms with Gasteiger partial charge < -0.3 is 15.0 Å². The fourth-order valence-corrected chi connectivity index (χ4v) is 3.57. The molecule has 26 heavy (non-hydrogen) atoms. The number of thioether (sulfide) groups is 1. The lowest BCUT2D eigenvalue weighted by molar-refractivity contribution is -0.135. The van der Waals surface area contributed by atoms with Crippen LogP contribution in [0.25, 0.3) is 6.08 Å². The van der Waals surface area contributed by atoms with Crippen LogP contribution >= 0.6 is 11.8 Å². The summed E-state index contributed by atoms with van der Waals surface area (Å²) in [5.41, 5.74) is -0.0239. The van der Waals surface area contributed by atoms with Crippen LogP contribution in [-0.2, 0) is 9.59 Å². The average Bonchev–Trinajstić information content (AvgIpc) is 3.01. The molecule has 1 atom stereocenters. The Morgan fingerprint density at radius 3 is 2.69 bits per heavy atom. The second kappa shape index (κ2) is 8.53. The molecule has 0 spiro atoms. The number of ether oxygens (including phenoxy) is 1. The molecule has 8 heteroatoms. The number of halogens is 2. The molecular formula is C18H22F2N2O3S. The van der Waals surface area contributed by atoms with Crippen LogP contribution in [0.1, 0.15) is 26.3 Å². The molecule has 1 saturated heterocycles. The molecule has 1 aliphatic rings. The summed E-state index contributed by atoms with van der Waals surface area (Å²) < 4.78 is 29.3. The van der Waals surface area contributed by atoms with Crippen molar-refractivity contribution in [3.63, 3.8) is 0 Å². The first-order valence-corrected chi connectivity index (χ1v) is 9.25. The van der Waals surface area contributed by atoms with E-state index in [9.17, 15) is 18.4 Å². The van der Waals surface area contributed by atoms with E-state index in [4.69, 9.17) is 0 Å². The van der Waals surface area contributed by atoms with E-state index in [1.807, 2.05) is 20.8 Å². The lowest BCUT2D eigenvalue weighted by atomic mass is 10.1. The summed E-state index contributed by atoms with van der Waals surface area (Å²) in [6.45, 7) is 2.68. The number of amides is 2. The number of alkyl halides is 2. The molecule has 142 valence electrons. The highest BCUT2D eigenvalue weighted by molar-refractivity contribution is 7.99. The van der Waals surface area contributed by atoms with E-state index in [0.717, 1.165) is 0 Å². The van der Waals surface area contributed by atoms with Crippen molar-refractivity contribution in [3.8, 4) is 5.75 Å². The predicted molar refractivity (Wildman–Crippen MR) is 98.0 cm³/mol. The zero-order valence-electron chi connectivity index (χ0n) is 14.9. The summed E-state index contributed by atoms with van der Waals surface area (Å²) >= 11 is 1.49. The largest absolute Gasteiger partial charge is 0.434 e. The van der Waals surface area contributed by atoms with Crippen molar-refractivity contribution in [3.05, 3.63) is 35.9 Å². The van der Waals surface area contributed by atoms with Crippen LogP contribution < -0.4 is 10.1 Å². The maximum absolute atomic E-state index is 12.5. The van der Waals surface area contributed by atoms with Gasteiger partial charge in [0.1, 0.15) is 11.8 Å². The first-order valence-electron chi connectivity index (χ1n) is 8.09. The third-order valence-electron chi connectivity index (χ3n) is 3.51. The van der Waals surface area contributed by atoms with Gasteiger partial charge in [-0.3, -0.25) is 9.59 Å². The second-order valence-electron chi connectivity index (χ2n) is 6.81. The SMILES string of the molecule is CC(C)(C)NC(=O)C1CSCN1C(=O)/C=C/c1ccccc1OC(F)F. The van der Waals surface area contributed by atoms with Crippen molar-refractivity contribution in [2.24, 2.45) is 0 Å². The van der Waals surface area contributed by atoms with Crippen LogP contribution in [0.3, 0.4) is 0 Å². The molecule has 1 heterocycles. The van der Waals surface area contributed by atoms with Gasteiger partial charge in [0, 0.05) is 22.9 Å². The van der Waals surface area contributed by atoms with Gasteiger partial charge in [-0.1, -0.05) is 18.2 Å². The second-order valence-corrected chi connectivity index (χ2v) is 7.81. The number of carbonyl (C=O) groups excluding carboxylic acids is 2. The first kappa shape index (κ1) is 20.2. The molecule has 1 N–H and O–H groups in total. The molecule has 1 aromatic carbocycles. The van der Waals surface area contributed by atoms with Gasteiger partial charge in [-0.25, -0.2) is 0 Å². The van der Waals surface area contributed by atoms with E-state index in [-0.39, 0.29) is 23.1 Å². The Labute approximate surface area is 155 Å². The zero-order chi connectivity index (χ0) is 19.3. The topological polar surface area (TPSA) is 58.6 Å². The normalized spacial score (nSPS) is 17.8. The first-order chi connectivity index (χ1) is 12.2. The smallest absolute Gasteiger partial charge is 0.387 e. The Kier molecular flexibility index (Phi) is 6.63. The van der Waals surface area contributed by atoms with Gasteiger partial charge in [0.25, 0.3) is 0 Å². The highest BCUT2D eigenvalue weighted by Crippen LogP contribution is 2.24. The van der Waals surface area contributed by atoms with Crippen molar-refractivity contribution in [2.45, 2.75) is 39.0 Å². The van der Waals surface area contributed by atoms with Crippen molar-refractivity contribution < 1.29 is 23.1 Å². The number of benzene rings is 1. The Balaban J connectivity index is 2.09. The standard InChI is InChI=1S/C18H22F2N2O3S/c1-18(2,3)21-16(24)13-10-26-11-22(13)15(23)9-8-12-6-4-5-7-14(12)25-17(19)20/h4-9,13,17H,10-11H2,1-3H3,(H,21,24)/b9-8+.